The van der Waals surface area contributed by atoms with Crippen LogP contribution >= 0.6 is 0 Å². The van der Waals surface area contributed by atoms with E-state index < -0.39 is 39.2 Å². The van der Waals surface area contributed by atoms with Crippen molar-refractivity contribution in [1.29, 1.82) is 0 Å². The van der Waals surface area contributed by atoms with Crippen molar-refractivity contribution in [3.8, 4) is 5.75 Å². The van der Waals surface area contributed by atoms with Gasteiger partial charge in [-0.3, -0.25) is 4.79 Å². The van der Waals surface area contributed by atoms with Crippen LogP contribution in [-0.2, 0) is 21.8 Å². The smallest absolute Gasteiger partial charge is 0.276 e. The Bertz CT molecular complexity index is 1070. The maximum absolute atomic E-state index is 13.4. The fourth-order valence-corrected chi connectivity index (χ4v) is 4.42. The first-order valence-corrected chi connectivity index (χ1v) is 10.1. The summed E-state index contributed by atoms with van der Waals surface area (Å²) in [5.74, 6) is -3.04. The van der Waals surface area contributed by atoms with Crippen LogP contribution in [0, 0.1) is 11.6 Å². The standard InChI is InChI=1S/C18H21F2N3O5S/c1-18(2,27-4)14-9-28-16-13(29(25,26)22-14)8-23(3)15(16)17(24)21-10-5-6-11(19)12(20)7-10/h5-8,14,22H,9H2,1-4H3,(H,21,24). The van der Waals surface area contributed by atoms with Crippen molar-refractivity contribution in [1.82, 2.24) is 9.29 Å². The number of rotatable bonds is 4. The summed E-state index contributed by atoms with van der Waals surface area (Å²) in [6, 6.07) is 2.18. The summed E-state index contributed by atoms with van der Waals surface area (Å²) in [6.07, 6.45) is 1.25. The average Bonchev–Trinajstić information content (AvgIpc) is 2.92. The molecule has 0 bridgehead atoms. The molecule has 1 aromatic heterocycles. The zero-order valence-corrected chi connectivity index (χ0v) is 17.1. The van der Waals surface area contributed by atoms with Gasteiger partial charge < -0.3 is 19.4 Å². The summed E-state index contributed by atoms with van der Waals surface area (Å²) in [5, 5.41) is 2.42. The summed E-state index contributed by atoms with van der Waals surface area (Å²) in [5.41, 5.74) is -0.935. The Morgan fingerprint density at radius 2 is 2.03 bits per heavy atom. The highest BCUT2D eigenvalue weighted by molar-refractivity contribution is 7.89. The quantitative estimate of drug-likeness (QED) is 0.775. The molecule has 0 spiro atoms. The Kier molecular flexibility index (Phi) is 5.41. The van der Waals surface area contributed by atoms with Gasteiger partial charge in [-0.25, -0.2) is 21.9 Å². The molecule has 29 heavy (non-hydrogen) atoms. The Balaban J connectivity index is 1.97. The maximum Gasteiger partial charge on any atom is 0.276 e. The van der Waals surface area contributed by atoms with Gasteiger partial charge in [0.05, 0.1) is 11.6 Å². The van der Waals surface area contributed by atoms with Gasteiger partial charge in [-0.05, 0) is 26.0 Å². The first-order valence-electron chi connectivity index (χ1n) is 8.62. The second-order valence-electron chi connectivity index (χ2n) is 7.16. The minimum atomic E-state index is -4.01. The first kappa shape index (κ1) is 21.2. The molecular formula is C18H21F2N3O5S. The molecule has 1 aromatic carbocycles. The molecule has 2 N–H and O–H groups in total. The fraction of sp³-hybridized carbons (Fsp3) is 0.389. The number of methoxy groups -OCH3 is 1. The third-order valence-electron chi connectivity index (χ3n) is 4.84. The van der Waals surface area contributed by atoms with Crippen molar-refractivity contribution in [3.05, 3.63) is 41.7 Å². The lowest BCUT2D eigenvalue weighted by Crippen LogP contribution is -2.52. The lowest BCUT2D eigenvalue weighted by Gasteiger charge is -2.31. The molecule has 3 rings (SSSR count). The molecule has 1 atom stereocenters. The van der Waals surface area contributed by atoms with Gasteiger partial charge in [0.15, 0.2) is 23.1 Å². The van der Waals surface area contributed by atoms with Crippen LogP contribution in [0.5, 0.6) is 5.75 Å². The summed E-state index contributed by atoms with van der Waals surface area (Å²) in [4.78, 5) is 12.6. The highest BCUT2D eigenvalue weighted by Gasteiger charge is 2.40. The number of aryl methyl sites for hydroxylation is 1. The van der Waals surface area contributed by atoms with E-state index in [1.165, 1.54) is 31.0 Å². The molecule has 2 aromatic rings. The average molecular weight is 429 g/mol. The molecule has 1 aliphatic rings. The Hall–Kier alpha value is -2.50. The monoisotopic (exact) mass is 429 g/mol. The normalized spacial score (nSPS) is 18.5. The van der Waals surface area contributed by atoms with Crippen molar-refractivity contribution in [3.63, 3.8) is 0 Å². The van der Waals surface area contributed by atoms with Gasteiger partial charge in [0, 0.05) is 32.1 Å². The lowest BCUT2D eigenvalue weighted by molar-refractivity contribution is -0.0153. The summed E-state index contributed by atoms with van der Waals surface area (Å²) >= 11 is 0. The predicted octanol–water partition coefficient (Wildman–Crippen LogP) is 2.02. The number of amides is 1. The summed E-state index contributed by atoms with van der Waals surface area (Å²) in [6.45, 7) is 3.33. The van der Waals surface area contributed by atoms with Gasteiger partial charge in [0.2, 0.25) is 10.0 Å². The van der Waals surface area contributed by atoms with E-state index in [9.17, 15) is 22.0 Å². The number of nitrogens with zero attached hydrogens (tertiary/aromatic N) is 1. The molecule has 0 fully saturated rings. The van der Waals surface area contributed by atoms with Crippen molar-refractivity contribution in [2.45, 2.75) is 30.4 Å². The zero-order valence-electron chi connectivity index (χ0n) is 16.2. The van der Waals surface area contributed by atoms with Crippen LogP contribution in [0.25, 0.3) is 0 Å². The zero-order chi connectivity index (χ0) is 21.6. The van der Waals surface area contributed by atoms with Gasteiger partial charge >= 0.3 is 0 Å². The number of nitrogens with one attached hydrogen (secondary N) is 2. The Labute approximate surface area is 166 Å². The highest BCUT2D eigenvalue weighted by Crippen LogP contribution is 2.34. The number of carbonyl (C=O) groups is 1. The SMILES string of the molecule is COC(C)(C)C1COc2c(cn(C)c2C(=O)Nc2ccc(F)c(F)c2)S(=O)(=O)N1. The van der Waals surface area contributed by atoms with Gasteiger partial charge in [0.1, 0.15) is 11.5 Å². The number of aromatic nitrogens is 1. The molecule has 1 aliphatic heterocycles. The number of ether oxygens (including phenoxy) is 2. The van der Waals surface area contributed by atoms with Crippen LogP contribution in [0.15, 0.2) is 29.3 Å². The second-order valence-corrected chi connectivity index (χ2v) is 8.84. The van der Waals surface area contributed by atoms with E-state index >= 15 is 0 Å². The number of hydrogen-bond donors (Lipinski definition) is 2. The third kappa shape index (κ3) is 3.98. The van der Waals surface area contributed by atoms with E-state index in [1.807, 2.05) is 0 Å². The molecular weight excluding hydrogens is 408 g/mol. The molecule has 158 valence electrons. The van der Waals surface area contributed by atoms with E-state index in [4.69, 9.17) is 9.47 Å². The highest BCUT2D eigenvalue weighted by atomic mass is 32.2. The maximum atomic E-state index is 13.4. The Morgan fingerprint density at radius 1 is 1.34 bits per heavy atom. The van der Waals surface area contributed by atoms with Gasteiger partial charge in [-0.2, -0.15) is 0 Å². The van der Waals surface area contributed by atoms with Crippen molar-refractivity contribution < 1.29 is 31.5 Å². The summed E-state index contributed by atoms with van der Waals surface area (Å²) < 4.78 is 67.0. The Morgan fingerprint density at radius 3 is 2.66 bits per heavy atom. The molecule has 1 unspecified atom stereocenters. The van der Waals surface area contributed by atoms with Crippen LogP contribution in [0.4, 0.5) is 14.5 Å². The van der Waals surface area contributed by atoms with Crippen LogP contribution in [-0.4, -0.2) is 44.3 Å². The molecule has 2 heterocycles. The number of hydrogen-bond acceptors (Lipinski definition) is 5. The van der Waals surface area contributed by atoms with Crippen molar-refractivity contribution in [2.24, 2.45) is 7.05 Å². The molecule has 0 aliphatic carbocycles. The van der Waals surface area contributed by atoms with Gasteiger partial charge in [-0.15, -0.1) is 0 Å². The number of fused-ring (bicyclic) bond motifs is 1. The molecule has 0 saturated heterocycles. The van der Waals surface area contributed by atoms with E-state index in [-0.39, 0.29) is 28.6 Å². The van der Waals surface area contributed by atoms with E-state index in [1.54, 1.807) is 13.8 Å². The number of benzene rings is 1. The largest absolute Gasteiger partial charge is 0.488 e. The van der Waals surface area contributed by atoms with Crippen LogP contribution < -0.4 is 14.8 Å². The van der Waals surface area contributed by atoms with Gasteiger partial charge in [-0.1, -0.05) is 0 Å². The van der Waals surface area contributed by atoms with Crippen molar-refractivity contribution >= 4 is 21.6 Å². The molecule has 8 nitrogen and oxygen atoms in total. The minimum Gasteiger partial charge on any atom is -0.488 e. The fourth-order valence-electron chi connectivity index (χ4n) is 2.87. The number of sulfonamides is 1. The first-order chi connectivity index (χ1) is 13.5. The van der Waals surface area contributed by atoms with E-state index in [2.05, 4.69) is 10.0 Å². The molecule has 0 radical (unpaired) electrons. The second kappa shape index (κ2) is 7.39. The van der Waals surface area contributed by atoms with E-state index in [0.29, 0.717) is 0 Å². The van der Waals surface area contributed by atoms with Crippen LogP contribution in [0.3, 0.4) is 0 Å². The molecule has 0 saturated carbocycles. The lowest BCUT2D eigenvalue weighted by atomic mass is 10.0. The third-order valence-corrected chi connectivity index (χ3v) is 6.31. The van der Waals surface area contributed by atoms with Crippen LogP contribution in [0.2, 0.25) is 0 Å². The minimum absolute atomic E-state index is 0.0110. The number of halogens is 2. The van der Waals surface area contributed by atoms with Gasteiger partial charge in [0.25, 0.3) is 5.91 Å². The number of carbonyl (C=O) groups excluding carboxylic acids is 1. The number of anilines is 1. The van der Waals surface area contributed by atoms with Crippen LogP contribution in [0.1, 0.15) is 24.3 Å². The van der Waals surface area contributed by atoms with Crippen molar-refractivity contribution in [2.75, 3.05) is 19.0 Å². The predicted molar refractivity (Wildman–Crippen MR) is 100 cm³/mol. The molecule has 1 amide bonds. The topological polar surface area (TPSA) is 98.7 Å². The summed E-state index contributed by atoms with van der Waals surface area (Å²) in [7, 11) is -1.08. The molecule has 11 heteroatoms. The van der Waals surface area contributed by atoms with E-state index in [0.717, 1.165) is 12.1 Å².